The summed E-state index contributed by atoms with van der Waals surface area (Å²) >= 11 is 0. The third kappa shape index (κ3) is 6.10. The number of ether oxygens (including phenoxy) is 3. The predicted molar refractivity (Wildman–Crippen MR) is 171 cm³/mol. The second kappa shape index (κ2) is 12.7. The molecule has 0 saturated carbocycles. The number of rotatable bonds is 10. The number of nitrogens with one attached hydrogen (secondary N) is 2. The SMILES string of the molecule is COc1ccc(CNC(=O)C(c2c[nH]c3ccccc23)N(C(=O)Cn2nnc(-c3ccc(C)o3)n2)c2ccc3c(c2)OCCO3)cc1. The van der Waals surface area contributed by atoms with Crippen molar-refractivity contribution in [2.75, 3.05) is 25.2 Å². The first-order valence-electron chi connectivity index (χ1n) is 15.0. The van der Waals surface area contributed by atoms with Crippen molar-refractivity contribution in [2.24, 2.45) is 0 Å². The maximum Gasteiger partial charge on any atom is 0.251 e. The summed E-state index contributed by atoms with van der Waals surface area (Å²) < 4.78 is 22.5. The maximum absolute atomic E-state index is 14.5. The van der Waals surface area contributed by atoms with Gasteiger partial charge in [-0.3, -0.25) is 14.5 Å². The zero-order valence-corrected chi connectivity index (χ0v) is 25.7. The van der Waals surface area contributed by atoms with Crippen LogP contribution in [0.5, 0.6) is 17.2 Å². The van der Waals surface area contributed by atoms with Gasteiger partial charge in [0.25, 0.3) is 5.91 Å². The van der Waals surface area contributed by atoms with Crippen molar-refractivity contribution in [3.63, 3.8) is 0 Å². The number of hydrogen-bond donors (Lipinski definition) is 2. The number of anilines is 1. The second-order valence-electron chi connectivity index (χ2n) is 10.9. The van der Waals surface area contributed by atoms with E-state index >= 15 is 0 Å². The predicted octanol–water partition coefficient (Wildman–Crippen LogP) is 4.59. The summed E-state index contributed by atoms with van der Waals surface area (Å²) in [7, 11) is 1.60. The Morgan fingerprint density at radius 1 is 1.02 bits per heavy atom. The van der Waals surface area contributed by atoms with E-state index < -0.39 is 17.9 Å². The van der Waals surface area contributed by atoms with Crippen LogP contribution in [0.25, 0.3) is 22.5 Å². The van der Waals surface area contributed by atoms with Gasteiger partial charge in [0, 0.05) is 41.0 Å². The van der Waals surface area contributed by atoms with E-state index in [4.69, 9.17) is 18.6 Å². The van der Waals surface area contributed by atoms with Crippen LogP contribution < -0.4 is 24.4 Å². The van der Waals surface area contributed by atoms with Gasteiger partial charge in [-0.15, -0.1) is 10.2 Å². The Morgan fingerprint density at radius 3 is 2.62 bits per heavy atom. The first-order chi connectivity index (χ1) is 23.0. The molecule has 0 radical (unpaired) electrons. The van der Waals surface area contributed by atoms with Gasteiger partial charge in [-0.1, -0.05) is 30.3 Å². The molecule has 13 nitrogen and oxygen atoms in total. The van der Waals surface area contributed by atoms with Crippen LogP contribution in [0.15, 0.2) is 89.5 Å². The fraction of sp³-hybridized carbons (Fsp3) is 0.206. The smallest absolute Gasteiger partial charge is 0.251 e. The molecule has 0 bridgehead atoms. The monoisotopic (exact) mass is 633 g/mol. The van der Waals surface area contributed by atoms with Crippen molar-refractivity contribution in [2.45, 2.75) is 26.1 Å². The fourth-order valence-corrected chi connectivity index (χ4v) is 5.53. The van der Waals surface area contributed by atoms with E-state index in [0.29, 0.717) is 53.2 Å². The molecular formula is C34H31N7O6. The Balaban J connectivity index is 1.28. The number of amides is 2. The van der Waals surface area contributed by atoms with Gasteiger partial charge in [0.1, 0.15) is 37.3 Å². The van der Waals surface area contributed by atoms with E-state index in [1.54, 1.807) is 43.6 Å². The summed E-state index contributed by atoms with van der Waals surface area (Å²) in [4.78, 5) is 34.7. The van der Waals surface area contributed by atoms with E-state index in [1.165, 1.54) is 9.70 Å². The van der Waals surface area contributed by atoms with Gasteiger partial charge in [0.15, 0.2) is 17.3 Å². The molecule has 47 heavy (non-hydrogen) atoms. The topological polar surface area (TPSA) is 150 Å². The Hall–Kier alpha value is -6.11. The van der Waals surface area contributed by atoms with Gasteiger partial charge in [0.05, 0.1) is 7.11 Å². The van der Waals surface area contributed by atoms with Crippen molar-refractivity contribution in [1.82, 2.24) is 30.5 Å². The summed E-state index contributed by atoms with van der Waals surface area (Å²) in [5.74, 6) is 2.23. The molecule has 0 saturated heterocycles. The van der Waals surface area contributed by atoms with Crippen LogP contribution in [-0.2, 0) is 22.7 Å². The summed E-state index contributed by atoms with van der Waals surface area (Å²) in [6, 6.07) is 22.6. The Labute approximate surface area is 269 Å². The molecule has 0 spiro atoms. The van der Waals surface area contributed by atoms with Gasteiger partial charge in [-0.25, -0.2) is 0 Å². The van der Waals surface area contributed by atoms with Crippen LogP contribution in [0.4, 0.5) is 5.69 Å². The fourth-order valence-electron chi connectivity index (χ4n) is 5.53. The maximum atomic E-state index is 14.5. The van der Waals surface area contributed by atoms with Crippen LogP contribution in [0.2, 0.25) is 0 Å². The number of hydrogen-bond acceptors (Lipinski definition) is 9. The number of carbonyl (C=O) groups is 2. The zero-order valence-electron chi connectivity index (χ0n) is 25.7. The number of fused-ring (bicyclic) bond motifs is 2. The average molecular weight is 634 g/mol. The molecule has 7 rings (SSSR count). The quantitative estimate of drug-likeness (QED) is 0.221. The number of carbonyl (C=O) groups excluding carboxylic acids is 2. The van der Waals surface area contributed by atoms with E-state index in [1.807, 2.05) is 55.5 Å². The number of tetrazole rings is 1. The minimum absolute atomic E-state index is 0.224. The normalized spacial score (nSPS) is 12.9. The molecule has 3 aromatic heterocycles. The minimum Gasteiger partial charge on any atom is -0.497 e. The van der Waals surface area contributed by atoms with E-state index in [2.05, 4.69) is 25.7 Å². The highest BCUT2D eigenvalue weighted by atomic mass is 16.6. The standard InChI is InChI=1S/C34H31N7O6/c1-21-7-13-29(47-21)33-37-39-40(38-33)20-31(42)41(23-10-14-28-30(17-23)46-16-15-45-28)32(26-19-35-27-6-4-3-5-25(26)27)34(43)36-18-22-8-11-24(44-2)12-9-22/h3-14,17,19,32,35H,15-16,18,20H2,1-2H3,(H,36,43). The molecule has 1 unspecified atom stereocenters. The first kappa shape index (κ1) is 29.6. The average Bonchev–Trinajstić information content (AvgIpc) is 3.86. The van der Waals surface area contributed by atoms with Gasteiger partial charge < -0.3 is 28.9 Å². The number of furan rings is 1. The van der Waals surface area contributed by atoms with Crippen molar-refractivity contribution < 1.29 is 28.2 Å². The summed E-state index contributed by atoms with van der Waals surface area (Å²) in [6.45, 7) is 2.49. The highest BCUT2D eigenvalue weighted by Gasteiger charge is 2.35. The number of benzene rings is 3. The van der Waals surface area contributed by atoms with Crippen LogP contribution in [0.3, 0.4) is 0 Å². The Morgan fingerprint density at radius 2 is 1.83 bits per heavy atom. The highest BCUT2D eigenvalue weighted by molar-refractivity contribution is 6.03. The van der Waals surface area contributed by atoms with Crippen LogP contribution in [0, 0.1) is 6.92 Å². The highest BCUT2D eigenvalue weighted by Crippen LogP contribution is 2.38. The van der Waals surface area contributed by atoms with Gasteiger partial charge in [0.2, 0.25) is 11.7 Å². The molecular weight excluding hydrogens is 602 g/mol. The Kier molecular flexibility index (Phi) is 8.00. The molecule has 3 aromatic carbocycles. The van der Waals surface area contributed by atoms with Gasteiger partial charge >= 0.3 is 0 Å². The Bertz CT molecular complexity index is 2050. The molecule has 0 aliphatic carbocycles. The number of para-hydroxylation sites is 1. The zero-order chi connectivity index (χ0) is 32.3. The molecule has 2 amide bonds. The first-order valence-corrected chi connectivity index (χ1v) is 15.0. The third-order valence-electron chi connectivity index (χ3n) is 7.81. The van der Waals surface area contributed by atoms with Gasteiger partial charge in [-0.2, -0.15) is 4.80 Å². The summed E-state index contributed by atoms with van der Waals surface area (Å²) in [5.41, 5.74) is 2.72. The van der Waals surface area contributed by atoms with Crippen molar-refractivity contribution in [3.8, 4) is 28.8 Å². The molecule has 0 fully saturated rings. The minimum atomic E-state index is -1.10. The van der Waals surface area contributed by atoms with Crippen molar-refractivity contribution in [3.05, 3.63) is 102 Å². The largest absolute Gasteiger partial charge is 0.497 e. The molecule has 1 atom stereocenters. The van der Waals surface area contributed by atoms with Gasteiger partial charge in [-0.05, 0) is 60.2 Å². The van der Waals surface area contributed by atoms with Crippen molar-refractivity contribution >= 4 is 28.4 Å². The van der Waals surface area contributed by atoms with Crippen LogP contribution in [0.1, 0.15) is 22.9 Å². The number of aryl methyl sites for hydroxylation is 1. The van der Waals surface area contributed by atoms with E-state index in [-0.39, 0.29) is 18.9 Å². The summed E-state index contributed by atoms with van der Waals surface area (Å²) in [6.07, 6.45) is 1.76. The lowest BCUT2D eigenvalue weighted by atomic mass is 10.0. The molecule has 2 N–H and O–H groups in total. The number of aromatic amines is 1. The van der Waals surface area contributed by atoms with Crippen LogP contribution in [-0.4, -0.2) is 57.3 Å². The summed E-state index contributed by atoms with van der Waals surface area (Å²) in [5, 5.41) is 16.4. The lowest BCUT2D eigenvalue weighted by Gasteiger charge is -2.32. The third-order valence-corrected chi connectivity index (χ3v) is 7.81. The molecule has 1 aliphatic heterocycles. The van der Waals surface area contributed by atoms with E-state index in [0.717, 1.165) is 16.5 Å². The lowest BCUT2D eigenvalue weighted by molar-refractivity contribution is -0.127. The van der Waals surface area contributed by atoms with Crippen molar-refractivity contribution in [1.29, 1.82) is 0 Å². The number of methoxy groups -OCH3 is 1. The molecule has 4 heterocycles. The molecule has 13 heteroatoms. The van der Waals surface area contributed by atoms with E-state index in [9.17, 15) is 9.59 Å². The number of H-pyrrole nitrogens is 1. The van der Waals surface area contributed by atoms with Crippen LogP contribution >= 0.6 is 0 Å². The second-order valence-corrected chi connectivity index (χ2v) is 10.9. The molecule has 238 valence electrons. The number of aromatic nitrogens is 5. The number of nitrogens with zero attached hydrogens (tertiary/aromatic N) is 5. The molecule has 1 aliphatic rings. The lowest BCUT2D eigenvalue weighted by Crippen LogP contribution is -2.45. The molecule has 6 aromatic rings.